The molecule has 0 saturated carbocycles. The molecule has 4 N–H and O–H groups in total. The lowest BCUT2D eigenvalue weighted by atomic mass is 9.97. The van der Waals surface area contributed by atoms with E-state index in [1.807, 2.05) is 44.2 Å². The van der Waals surface area contributed by atoms with Crippen LogP contribution in [-0.2, 0) is 9.59 Å². The fraction of sp³-hybridized carbons (Fsp3) is 0.467. The minimum Gasteiger partial charge on any atom is -0.480 e. The Balaban J connectivity index is 2.78. The summed E-state index contributed by atoms with van der Waals surface area (Å²) >= 11 is 0. The first kappa shape index (κ1) is 16.2. The zero-order chi connectivity index (χ0) is 15.1. The van der Waals surface area contributed by atoms with E-state index in [0.29, 0.717) is 6.42 Å². The molecule has 0 spiro atoms. The van der Waals surface area contributed by atoms with Crippen LogP contribution in [-0.4, -0.2) is 29.6 Å². The highest BCUT2D eigenvalue weighted by Crippen LogP contribution is 2.15. The average Bonchev–Trinajstić information content (AvgIpc) is 2.39. The summed E-state index contributed by atoms with van der Waals surface area (Å²) in [4.78, 5) is 23.4. The summed E-state index contributed by atoms with van der Waals surface area (Å²) in [6, 6.07) is 8.26. The number of nitrogens with two attached hydrogens (primary N) is 1. The topological polar surface area (TPSA) is 92.4 Å². The fourth-order valence-electron chi connectivity index (χ4n) is 2.05. The highest BCUT2D eigenvalue weighted by molar-refractivity contribution is 5.88. The van der Waals surface area contributed by atoms with Crippen LogP contribution >= 0.6 is 0 Å². The number of carboxylic acids is 1. The number of nitrogens with one attached hydrogen (secondary N) is 1. The maximum atomic E-state index is 12.2. The molecule has 1 aromatic rings. The molecule has 0 radical (unpaired) electrons. The van der Waals surface area contributed by atoms with E-state index in [1.165, 1.54) is 0 Å². The molecule has 0 fully saturated rings. The van der Waals surface area contributed by atoms with Crippen LogP contribution in [0.3, 0.4) is 0 Å². The monoisotopic (exact) mass is 278 g/mol. The highest BCUT2D eigenvalue weighted by atomic mass is 16.4. The largest absolute Gasteiger partial charge is 0.480 e. The molecular formula is C15H22N2O3. The molecule has 5 heteroatoms. The number of aliphatic carboxylic acids is 1. The second-order valence-electron chi connectivity index (χ2n) is 5.23. The smallest absolute Gasteiger partial charge is 0.326 e. The SMILES string of the molecule is CC(C)C[C@@H](NC(=O)C(CN)c1ccccc1)C(=O)O. The van der Waals surface area contributed by atoms with Gasteiger partial charge in [0.05, 0.1) is 5.92 Å². The van der Waals surface area contributed by atoms with Gasteiger partial charge < -0.3 is 16.2 Å². The minimum atomic E-state index is -1.02. The molecule has 2 atom stereocenters. The molecule has 0 aliphatic carbocycles. The van der Waals surface area contributed by atoms with Crippen molar-refractivity contribution in [2.45, 2.75) is 32.2 Å². The Labute approximate surface area is 119 Å². The molecule has 0 aliphatic heterocycles. The molecule has 0 aliphatic rings. The Morgan fingerprint density at radius 1 is 1.25 bits per heavy atom. The van der Waals surface area contributed by atoms with Crippen LogP contribution in [0, 0.1) is 5.92 Å². The Kier molecular flexibility index (Phi) is 6.18. The zero-order valence-electron chi connectivity index (χ0n) is 11.9. The molecule has 0 aromatic heterocycles. The molecule has 0 saturated heterocycles. The maximum absolute atomic E-state index is 12.2. The summed E-state index contributed by atoms with van der Waals surface area (Å²) in [5.41, 5.74) is 6.44. The zero-order valence-corrected chi connectivity index (χ0v) is 11.9. The van der Waals surface area contributed by atoms with Gasteiger partial charge in [0.1, 0.15) is 6.04 Å². The van der Waals surface area contributed by atoms with Crippen molar-refractivity contribution in [3.8, 4) is 0 Å². The first-order valence-corrected chi connectivity index (χ1v) is 6.73. The third-order valence-electron chi connectivity index (χ3n) is 3.08. The molecule has 0 heterocycles. The van der Waals surface area contributed by atoms with Crippen LogP contribution < -0.4 is 11.1 Å². The minimum absolute atomic E-state index is 0.143. The van der Waals surface area contributed by atoms with E-state index >= 15 is 0 Å². The first-order chi connectivity index (χ1) is 9.45. The number of amides is 1. The lowest BCUT2D eigenvalue weighted by Gasteiger charge is -2.20. The van der Waals surface area contributed by atoms with Crippen LogP contribution in [0.15, 0.2) is 30.3 Å². The predicted molar refractivity (Wildman–Crippen MR) is 77.3 cm³/mol. The summed E-state index contributed by atoms with van der Waals surface area (Å²) in [6.45, 7) is 3.98. The van der Waals surface area contributed by atoms with Crippen molar-refractivity contribution in [1.82, 2.24) is 5.32 Å². The molecule has 1 aromatic carbocycles. The van der Waals surface area contributed by atoms with Crippen molar-refractivity contribution in [2.75, 3.05) is 6.54 Å². The number of carbonyl (C=O) groups is 2. The molecule has 0 bridgehead atoms. The number of rotatable bonds is 7. The second kappa shape index (κ2) is 7.65. The van der Waals surface area contributed by atoms with Crippen molar-refractivity contribution < 1.29 is 14.7 Å². The molecule has 20 heavy (non-hydrogen) atoms. The van der Waals surface area contributed by atoms with E-state index < -0.39 is 17.9 Å². The average molecular weight is 278 g/mol. The van der Waals surface area contributed by atoms with Gasteiger partial charge in [0, 0.05) is 6.54 Å². The molecule has 110 valence electrons. The van der Waals surface area contributed by atoms with Crippen LogP contribution in [0.4, 0.5) is 0 Å². The van der Waals surface area contributed by atoms with Crippen LogP contribution in [0.25, 0.3) is 0 Å². The van der Waals surface area contributed by atoms with Crippen molar-refractivity contribution in [1.29, 1.82) is 0 Å². The highest BCUT2D eigenvalue weighted by Gasteiger charge is 2.25. The number of hydrogen-bond acceptors (Lipinski definition) is 3. The summed E-state index contributed by atoms with van der Waals surface area (Å²) in [5, 5.41) is 11.7. The summed E-state index contributed by atoms with van der Waals surface area (Å²) in [7, 11) is 0. The van der Waals surface area contributed by atoms with Crippen molar-refractivity contribution in [3.05, 3.63) is 35.9 Å². The van der Waals surface area contributed by atoms with Gasteiger partial charge in [-0.25, -0.2) is 4.79 Å². The number of carboxylic acid groups (broad SMARTS) is 1. The number of hydrogen-bond donors (Lipinski definition) is 3. The van der Waals surface area contributed by atoms with E-state index in [4.69, 9.17) is 10.8 Å². The summed E-state index contributed by atoms with van der Waals surface area (Å²) in [6.07, 6.45) is 0.396. The van der Waals surface area contributed by atoms with Gasteiger partial charge in [0.2, 0.25) is 5.91 Å². The van der Waals surface area contributed by atoms with E-state index in [-0.39, 0.29) is 18.4 Å². The van der Waals surface area contributed by atoms with E-state index in [1.54, 1.807) is 0 Å². The Morgan fingerprint density at radius 3 is 2.30 bits per heavy atom. The Hall–Kier alpha value is -1.88. The molecule has 1 amide bonds. The van der Waals surface area contributed by atoms with Gasteiger partial charge in [-0.05, 0) is 17.9 Å². The fourth-order valence-corrected chi connectivity index (χ4v) is 2.05. The van der Waals surface area contributed by atoms with E-state index in [0.717, 1.165) is 5.56 Å². The van der Waals surface area contributed by atoms with Gasteiger partial charge >= 0.3 is 5.97 Å². The third-order valence-corrected chi connectivity index (χ3v) is 3.08. The standard InChI is InChI=1S/C15H22N2O3/c1-10(2)8-13(15(19)20)17-14(18)12(9-16)11-6-4-3-5-7-11/h3-7,10,12-13H,8-9,16H2,1-2H3,(H,17,18)(H,19,20)/t12?,13-/m1/s1. The van der Waals surface area contributed by atoms with Gasteiger partial charge in [-0.15, -0.1) is 0 Å². The van der Waals surface area contributed by atoms with Gasteiger partial charge in [-0.1, -0.05) is 44.2 Å². The Morgan fingerprint density at radius 2 is 1.85 bits per heavy atom. The van der Waals surface area contributed by atoms with Gasteiger partial charge in [-0.3, -0.25) is 4.79 Å². The summed E-state index contributed by atoms with van der Waals surface area (Å²) in [5.74, 6) is -1.70. The number of benzene rings is 1. The normalized spacial score (nSPS) is 13.8. The van der Waals surface area contributed by atoms with Crippen molar-refractivity contribution in [3.63, 3.8) is 0 Å². The van der Waals surface area contributed by atoms with E-state index in [2.05, 4.69) is 5.32 Å². The lowest BCUT2D eigenvalue weighted by Crippen LogP contribution is -2.45. The van der Waals surface area contributed by atoms with Crippen LogP contribution in [0.5, 0.6) is 0 Å². The van der Waals surface area contributed by atoms with Crippen molar-refractivity contribution >= 4 is 11.9 Å². The first-order valence-electron chi connectivity index (χ1n) is 6.73. The molecular weight excluding hydrogens is 256 g/mol. The summed E-state index contributed by atoms with van der Waals surface area (Å²) < 4.78 is 0. The predicted octanol–water partition coefficient (Wildman–Crippen LogP) is 1.34. The van der Waals surface area contributed by atoms with Gasteiger partial charge in [0.25, 0.3) is 0 Å². The third kappa shape index (κ3) is 4.66. The molecule has 5 nitrogen and oxygen atoms in total. The van der Waals surface area contributed by atoms with Gasteiger partial charge in [-0.2, -0.15) is 0 Å². The van der Waals surface area contributed by atoms with E-state index in [9.17, 15) is 9.59 Å². The van der Waals surface area contributed by atoms with Crippen LogP contribution in [0.2, 0.25) is 0 Å². The van der Waals surface area contributed by atoms with Crippen LogP contribution in [0.1, 0.15) is 31.7 Å². The quantitative estimate of drug-likeness (QED) is 0.702. The molecule has 1 rings (SSSR count). The number of carbonyl (C=O) groups excluding carboxylic acids is 1. The Bertz CT molecular complexity index is 446. The maximum Gasteiger partial charge on any atom is 0.326 e. The lowest BCUT2D eigenvalue weighted by molar-refractivity contribution is -0.142. The van der Waals surface area contributed by atoms with Gasteiger partial charge in [0.15, 0.2) is 0 Å². The van der Waals surface area contributed by atoms with Crippen molar-refractivity contribution in [2.24, 2.45) is 11.7 Å². The molecule has 1 unspecified atom stereocenters. The second-order valence-corrected chi connectivity index (χ2v) is 5.23.